The molecule has 0 aromatic heterocycles. The van der Waals surface area contributed by atoms with Gasteiger partial charge in [-0.2, -0.15) is 11.8 Å². The van der Waals surface area contributed by atoms with E-state index < -0.39 is 0 Å². The molecule has 21 heavy (non-hydrogen) atoms. The van der Waals surface area contributed by atoms with Gasteiger partial charge in [-0.15, -0.1) is 0 Å². The van der Waals surface area contributed by atoms with Gasteiger partial charge in [0.25, 0.3) is 0 Å². The molecule has 2 rings (SSSR count). The zero-order valence-corrected chi connectivity index (χ0v) is 13.7. The van der Waals surface area contributed by atoms with Gasteiger partial charge in [-0.05, 0) is 61.2 Å². The molecule has 0 amide bonds. The van der Waals surface area contributed by atoms with E-state index in [0.29, 0.717) is 0 Å². The number of thioether (sulfide) groups is 1. The van der Waals surface area contributed by atoms with E-state index in [1.54, 1.807) is 0 Å². The van der Waals surface area contributed by atoms with Crippen molar-refractivity contribution in [1.29, 1.82) is 0 Å². The molecule has 0 nitrogen and oxygen atoms in total. The van der Waals surface area contributed by atoms with Crippen LogP contribution in [-0.4, -0.2) is 11.5 Å². The second-order valence-electron chi connectivity index (χ2n) is 5.50. The third-order valence-electron chi connectivity index (χ3n) is 3.69. The molecule has 1 heteroatoms. The molecule has 0 N–H and O–H groups in total. The van der Waals surface area contributed by atoms with Crippen LogP contribution in [0.3, 0.4) is 0 Å². The molecule has 0 radical (unpaired) electrons. The predicted octanol–water partition coefficient (Wildman–Crippen LogP) is 5.77. The fourth-order valence-corrected chi connectivity index (χ4v) is 3.48. The molecule has 0 aliphatic heterocycles. The first kappa shape index (κ1) is 16.2. The van der Waals surface area contributed by atoms with Gasteiger partial charge in [-0.3, -0.25) is 0 Å². The summed E-state index contributed by atoms with van der Waals surface area (Å²) in [7, 11) is 0. The minimum absolute atomic E-state index is 1.23. The molecule has 0 saturated carbocycles. The van der Waals surface area contributed by atoms with Crippen molar-refractivity contribution in [2.45, 2.75) is 38.5 Å². The van der Waals surface area contributed by atoms with Crippen LogP contribution in [0.2, 0.25) is 0 Å². The van der Waals surface area contributed by atoms with Crippen molar-refractivity contribution < 1.29 is 0 Å². The Balaban J connectivity index is 1.40. The van der Waals surface area contributed by atoms with Crippen molar-refractivity contribution in [3.05, 3.63) is 71.8 Å². The van der Waals surface area contributed by atoms with Crippen molar-refractivity contribution in [2.75, 3.05) is 11.5 Å². The lowest BCUT2D eigenvalue weighted by molar-refractivity contribution is 0.791. The summed E-state index contributed by atoms with van der Waals surface area (Å²) in [6.45, 7) is 0. The van der Waals surface area contributed by atoms with Gasteiger partial charge in [0.2, 0.25) is 0 Å². The number of benzene rings is 2. The number of hydrogen-bond donors (Lipinski definition) is 0. The highest BCUT2D eigenvalue weighted by molar-refractivity contribution is 7.99. The average molecular weight is 298 g/mol. The van der Waals surface area contributed by atoms with Crippen molar-refractivity contribution >= 4 is 11.8 Å². The average Bonchev–Trinajstić information content (AvgIpc) is 2.55. The SMILES string of the molecule is c1ccc(CCCCSCCCCc2ccccc2)cc1. The summed E-state index contributed by atoms with van der Waals surface area (Å²) in [4.78, 5) is 0. The van der Waals surface area contributed by atoms with Gasteiger partial charge in [0.1, 0.15) is 0 Å². The maximum Gasteiger partial charge on any atom is -0.00674 e. The molecule has 0 fully saturated rings. The van der Waals surface area contributed by atoms with E-state index >= 15 is 0 Å². The van der Waals surface area contributed by atoms with Gasteiger partial charge in [-0.25, -0.2) is 0 Å². The van der Waals surface area contributed by atoms with Gasteiger partial charge >= 0.3 is 0 Å². The van der Waals surface area contributed by atoms with Gasteiger partial charge in [-0.1, -0.05) is 60.7 Å². The van der Waals surface area contributed by atoms with E-state index in [1.807, 2.05) is 0 Å². The largest absolute Gasteiger partial charge is 0.162 e. The van der Waals surface area contributed by atoms with Crippen molar-refractivity contribution in [1.82, 2.24) is 0 Å². The molecule has 0 heterocycles. The second-order valence-corrected chi connectivity index (χ2v) is 6.72. The standard InChI is InChI=1S/C20H26S/c1-3-11-19(12-4-1)15-7-9-17-21-18-10-8-16-20-13-5-2-6-14-20/h1-6,11-14H,7-10,15-18H2. The van der Waals surface area contributed by atoms with E-state index in [0.717, 1.165) is 0 Å². The number of unbranched alkanes of at least 4 members (excludes halogenated alkanes) is 2. The Hall–Kier alpha value is -1.21. The Kier molecular flexibility index (Phi) is 8.09. The molecule has 0 aliphatic carbocycles. The quantitative estimate of drug-likeness (QED) is 0.502. The van der Waals surface area contributed by atoms with Crippen LogP contribution >= 0.6 is 11.8 Å². The molecular formula is C20H26S. The predicted molar refractivity (Wildman–Crippen MR) is 96.1 cm³/mol. The van der Waals surface area contributed by atoms with Gasteiger partial charge < -0.3 is 0 Å². The van der Waals surface area contributed by atoms with Gasteiger partial charge in [0.05, 0.1) is 0 Å². The third-order valence-corrected chi connectivity index (χ3v) is 4.85. The van der Waals surface area contributed by atoms with Crippen LogP contribution in [0.4, 0.5) is 0 Å². The third kappa shape index (κ3) is 7.38. The molecule has 0 atom stereocenters. The molecule has 0 aliphatic rings. The first-order valence-corrected chi connectivity index (χ1v) is 9.26. The van der Waals surface area contributed by atoms with Crippen molar-refractivity contribution in [3.8, 4) is 0 Å². The molecule has 0 bridgehead atoms. The number of aryl methyl sites for hydroxylation is 2. The van der Waals surface area contributed by atoms with Crippen LogP contribution in [0.5, 0.6) is 0 Å². The summed E-state index contributed by atoms with van der Waals surface area (Å²) in [5.41, 5.74) is 2.95. The second kappa shape index (κ2) is 10.5. The summed E-state index contributed by atoms with van der Waals surface area (Å²) < 4.78 is 0. The zero-order chi connectivity index (χ0) is 14.6. The van der Waals surface area contributed by atoms with E-state index in [9.17, 15) is 0 Å². The van der Waals surface area contributed by atoms with Crippen LogP contribution in [0.1, 0.15) is 36.8 Å². The normalized spacial score (nSPS) is 10.7. The van der Waals surface area contributed by atoms with Crippen LogP contribution in [-0.2, 0) is 12.8 Å². The minimum Gasteiger partial charge on any atom is -0.162 e. The molecule has 2 aromatic rings. The summed E-state index contributed by atoms with van der Waals surface area (Å²) in [6.07, 6.45) is 7.80. The first-order chi connectivity index (χ1) is 10.4. The van der Waals surface area contributed by atoms with E-state index in [1.165, 1.54) is 61.2 Å². The fraction of sp³-hybridized carbons (Fsp3) is 0.400. The highest BCUT2D eigenvalue weighted by Crippen LogP contribution is 2.12. The Bertz CT molecular complexity index is 418. The smallest absolute Gasteiger partial charge is 0.00674 e. The summed E-state index contributed by atoms with van der Waals surface area (Å²) in [5.74, 6) is 2.64. The Morgan fingerprint density at radius 1 is 0.524 bits per heavy atom. The Labute approximate surface area is 134 Å². The topological polar surface area (TPSA) is 0 Å². The zero-order valence-electron chi connectivity index (χ0n) is 12.8. The molecule has 2 aromatic carbocycles. The van der Waals surface area contributed by atoms with Crippen LogP contribution in [0.15, 0.2) is 60.7 Å². The Morgan fingerprint density at radius 2 is 0.952 bits per heavy atom. The fourth-order valence-electron chi connectivity index (χ4n) is 2.46. The molecular weight excluding hydrogens is 272 g/mol. The maximum absolute atomic E-state index is 2.23. The van der Waals surface area contributed by atoms with Crippen LogP contribution in [0, 0.1) is 0 Å². The molecule has 0 saturated heterocycles. The van der Waals surface area contributed by atoms with Gasteiger partial charge in [0, 0.05) is 0 Å². The lowest BCUT2D eigenvalue weighted by atomic mass is 10.1. The number of rotatable bonds is 10. The number of hydrogen-bond acceptors (Lipinski definition) is 1. The monoisotopic (exact) mass is 298 g/mol. The van der Waals surface area contributed by atoms with Crippen LogP contribution < -0.4 is 0 Å². The summed E-state index contributed by atoms with van der Waals surface area (Å²) in [5, 5.41) is 0. The lowest BCUT2D eigenvalue weighted by Gasteiger charge is -2.03. The summed E-state index contributed by atoms with van der Waals surface area (Å²) >= 11 is 2.12. The minimum atomic E-state index is 1.23. The highest BCUT2D eigenvalue weighted by Gasteiger charge is 1.95. The molecule has 0 unspecified atom stereocenters. The van der Waals surface area contributed by atoms with Crippen molar-refractivity contribution in [3.63, 3.8) is 0 Å². The highest BCUT2D eigenvalue weighted by atomic mass is 32.2. The Morgan fingerprint density at radius 3 is 1.38 bits per heavy atom. The van der Waals surface area contributed by atoms with E-state index in [2.05, 4.69) is 72.4 Å². The van der Waals surface area contributed by atoms with Gasteiger partial charge in [0.15, 0.2) is 0 Å². The molecule has 112 valence electrons. The van der Waals surface area contributed by atoms with E-state index in [4.69, 9.17) is 0 Å². The first-order valence-electron chi connectivity index (χ1n) is 8.11. The van der Waals surface area contributed by atoms with Crippen LogP contribution in [0.25, 0.3) is 0 Å². The maximum atomic E-state index is 2.23. The lowest BCUT2D eigenvalue weighted by Crippen LogP contribution is -1.90. The summed E-state index contributed by atoms with van der Waals surface area (Å²) in [6, 6.07) is 21.7. The molecule has 0 spiro atoms. The van der Waals surface area contributed by atoms with Crippen molar-refractivity contribution in [2.24, 2.45) is 0 Å². The van der Waals surface area contributed by atoms with E-state index in [-0.39, 0.29) is 0 Å².